The molecule has 0 aromatic heterocycles. The molecule has 0 saturated carbocycles. The van der Waals surface area contributed by atoms with E-state index in [1.807, 2.05) is 0 Å². The zero-order valence-corrected chi connectivity index (χ0v) is 11.3. The summed E-state index contributed by atoms with van der Waals surface area (Å²) in [5.41, 5.74) is -0.0808. The Morgan fingerprint density at radius 3 is 2.65 bits per heavy atom. The van der Waals surface area contributed by atoms with Crippen LogP contribution in [-0.4, -0.2) is 28.4 Å². The largest absolute Gasteiger partial charge is 0.480 e. The molecule has 0 saturated heterocycles. The van der Waals surface area contributed by atoms with Crippen LogP contribution in [0.3, 0.4) is 0 Å². The van der Waals surface area contributed by atoms with Gasteiger partial charge in [-0.1, -0.05) is 18.2 Å². The van der Waals surface area contributed by atoms with Crippen molar-refractivity contribution in [3.05, 3.63) is 29.8 Å². The summed E-state index contributed by atoms with van der Waals surface area (Å²) < 4.78 is 0. The van der Waals surface area contributed by atoms with Gasteiger partial charge in [0.1, 0.15) is 5.54 Å². The Labute approximate surface area is 116 Å². The smallest absolute Gasteiger partial charge is 0.328 e. The summed E-state index contributed by atoms with van der Waals surface area (Å²) in [4.78, 5) is 35.0. The number of carboxylic acid groups (broad SMARTS) is 1. The fourth-order valence-electron chi connectivity index (χ4n) is 2.09. The van der Waals surface area contributed by atoms with Crippen molar-refractivity contribution in [2.75, 3.05) is 5.32 Å². The number of amides is 2. The number of carbonyl (C=O) groups is 3. The summed E-state index contributed by atoms with van der Waals surface area (Å²) in [6.07, 6.45) is 0.0124. The summed E-state index contributed by atoms with van der Waals surface area (Å²) in [5, 5.41) is 14.2. The van der Waals surface area contributed by atoms with Crippen molar-refractivity contribution in [1.29, 1.82) is 0 Å². The summed E-state index contributed by atoms with van der Waals surface area (Å²) >= 11 is 0. The number of rotatable bonds is 3. The number of aliphatic carboxylic acids is 1. The van der Waals surface area contributed by atoms with Crippen molar-refractivity contribution in [2.24, 2.45) is 0 Å². The molecule has 2 rings (SSSR count). The van der Waals surface area contributed by atoms with Crippen LogP contribution in [0.15, 0.2) is 24.3 Å². The van der Waals surface area contributed by atoms with E-state index in [4.69, 9.17) is 5.11 Å². The number of para-hydroxylation sites is 1. The fourth-order valence-corrected chi connectivity index (χ4v) is 2.09. The molecule has 3 N–H and O–H groups in total. The van der Waals surface area contributed by atoms with Gasteiger partial charge in [0.05, 0.1) is 5.92 Å². The zero-order chi connectivity index (χ0) is 14.9. The third-order valence-electron chi connectivity index (χ3n) is 3.29. The Kier molecular flexibility index (Phi) is 3.48. The van der Waals surface area contributed by atoms with Gasteiger partial charge in [0.2, 0.25) is 11.8 Å². The van der Waals surface area contributed by atoms with Gasteiger partial charge in [0.25, 0.3) is 0 Å². The molecule has 1 aliphatic rings. The number of carboxylic acids is 1. The van der Waals surface area contributed by atoms with Crippen molar-refractivity contribution < 1.29 is 19.5 Å². The highest BCUT2D eigenvalue weighted by Crippen LogP contribution is 2.32. The molecule has 0 fully saturated rings. The van der Waals surface area contributed by atoms with Crippen LogP contribution in [-0.2, 0) is 14.4 Å². The molecule has 1 aliphatic heterocycles. The summed E-state index contributed by atoms with van der Waals surface area (Å²) in [6, 6.07) is 7.02. The third kappa shape index (κ3) is 2.64. The first-order valence-corrected chi connectivity index (χ1v) is 6.25. The normalized spacial score (nSPS) is 17.9. The van der Waals surface area contributed by atoms with Gasteiger partial charge < -0.3 is 15.7 Å². The van der Waals surface area contributed by atoms with Gasteiger partial charge in [-0.25, -0.2) is 4.79 Å². The van der Waals surface area contributed by atoms with Crippen molar-refractivity contribution >= 4 is 23.5 Å². The number of nitrogens with one attached hydrogen (secondary N) is 2. The van der Waals surface area contributed by atoms with Crippen molar-refractivity contribution in [3.63, 3.8) is 0 Å². The Balaban J connectivity index is 2.27. The van der Waals surface area contributed by atoms with E-state index >= 15 is 0 Å². The lowest BCUT2D eigenvalue weighted by atomic mass is 9.89. The number of carbonyl (C=O) groups excluding carboxylic acids is 2. The second kappa shape index (κ2) is 4.96. The summed E-state index contributed by atoms with van der Waals surface area (Å²) in [5.74, 6) is -2.50. The second-order valence-electron chi connectivity index (χ2n) is 5.31. The van der Waals surface area contributed by atoms with Gasteiger partial charge in [-0.15, -0.1) is 0 Å². The topological polar surface area (TPSA) is 95.5 Å². The van der Waals surface area contributed by atoms with Gasteiger partial charge in [-0.2, -0.15) is 0 Å². The molecular formula is C14H16N2O4. The third-order valence-corrected chi connectivity index (χ3v) is 3.29. The SMILES string of the molecule is CC(C)(NC(=O)C1CC(=O)Nc2ccccc21)C(=O)O. The number of fused-ring (bicyclic) bond motifs is 1. The van der Waals surface area contributed by atoms with E-state index in [1.165, 1.54) is 13.8 Å². The van der Waals surface area contributed by atoms with E-state index in [0.29, 0.717) is 11.3 Å². The van der Waals surface area contributed by atoms with Crippen LogP contribution >= 0.6 is 0 Å². The van der Waals surface area contributed by atoms with Crippen molar-refractivity contribution in [2.45, 2.75) is 31.7 Å². The quantitative estimate of drug-likeness (QED) is 0.770. The molecule has 0 aliphatic carbocycles. The van der Waals surface area contributed by atoms with Crippen LogP contribution in [0, 0.1) is 0 Å². The van der Waals surface area contributed by atoms with Gasteiger partial charge in [0, 0.05) is 12.1 Å². The van der Waals surface area contributed by atoms with E-state index in [9.17, 15) is 14.4 Å². The molecule has 1 unspecified atom stereocenters. The maximum Gasteiger partial charge on any atom is 0.328 e. The van der Waals surface area contributed by atoms with E-state index < -0.39 is 23.3 Å². The Hall–Kier alpha value is -2.37. The van der Waals surface area contributed by atoms with E-state index in [2.05, 4.69) is 10.6 Å². The molecule has 1 atom stereocenters. The predicted octanol–water partition coefficient (Wildman–Crippen LogP) is 1.09. The number of anilines is 1. The van der Waals surface area contributed by atoms with Crippen LogP contribution in [0.2, 0.25) is 0 Å². The van der Waals surface area contributed by atoms with Crippen LogP contribution in [0.25, 0.3) is 0 Å². The van der Waals surface area contributed by atoms with Crippen LogP contribution in [0.4, 0.5) is 5.69 Å². The second-order valence-corrected chi connectivity index (χ2v) is 5.31. The highest BCUT2D eigenvalue weighted by Gasteiger charge is 2.35. The number of benzene rings is 1. The number of hydrogen-bond donors (Lipinski definition) is 3. The molecular weight excluding hydrogens is 260 g/mol. The summed E-state index contributed by atoms with van der Waals surface area (Å²) in [7, 11) is 0. The maximum atomic E-state index is 12.3. The molecule has 0 spiro atoms. The Bertz CT molecular complexity index is 580. The summed E-state index contributed by atoms with van der Waals surface area (Å²) in [6.45, 7) is 2.81. The average molecular weight is 276 g/mol. The molecule has 1 aromatic rings. The average Bonchev–Trinajstić information content (AvgIpc) is 2.36. The van der Waals surface area contributed by atoms with Gasteiger partial charge in [0.15, 0.2) is 0 Å². The first-order valence-electron chi connectivity index (χ1n) is 6.25. The molecule has 6 heteroatoms. The number of hydrogen-bond acceptors (Lipinski definition) is 3. The lowest BCUT2D eigenvalue weighted by molar-refractivity contribution is -0.146. The first kappa shape index (κ1) is 14.0. The van der Waals surface area contributed by atoms with Crippen LogP contribution in [0.1, 0.15) is 31.7 Å². The highest BCUT2D eigenvalue weighted by atomic mass is 16.4. The Morgan fingerprint density at radius 1 is 1.35 bits per heavy atom. The minimum absolute atomic E-state index is 0.0124. The molecule has 0 radical (unpaired) electrons. The van der Waals surface area contributed by atoms with E-state index in [-0.39, 0.29) is 12.3 Å². The van der Waals surface area contributed by atoms with Crippen LogP contribution < -0.4 is 10.6 Å². The first-order chi connectivity index (χ1) is 9.31. The molecule has 1 aromatic carbocycles. The van der Waals surface area contributed by atoms with Gasteiger partial charge in [-0.05, 0) is 25.5 Å². The van der Waals surface area contributed by atoms with Gasteiger partial charge >= 0.3 is 5.97 Å². The molecule has 2 amide bonds. The monoisotopic (exact) mass is 276 g/mol. The maximum absolute atomic E-state index is 12.3. The molecule has 1 heterocycles. The highest BCUT2D eigenvalue weighted by molar-refractivity contribution is 6.02. The fraction of sp³-hybridized carbons (Fsp3) is 0.357. The predicted molar refractivity (Wildman–Crippen MR) is 72.3 cm³/mol. The van der Waals surface area contributed by atoms with Gasteiger partial charge in [-0.3, -0.25) is 9.59 Å². The minimum atomic E-state index is -1.38. The van der Waals surface area contributed by atoms with E-state index in [0.717, 1.165) is 0 Å². The molecule has 6 nitrogen and oxygen atoms in total. The standard InChI is InChI=1S/C14H16N2O4/c1-14(2,13(19)20)16-12(18)9-7-11(17)15-10-6-4-3-5-8(9)10/h3-6,9H,7H2,1-2H3,(H,15,17)(H,16,18)(H,19,20). The molecule has 0 bridgehead atoms. The van der Waals surface area contributed by atoms with Crippen molar-refractivity contribution in [3.8, 4) is 0 Å². The zero-order valence-electron chi connectivity index (χ0n) is 11.3. The lowest BCUT2D eigenvalue weighted by Gasteiger charge is -2.28. The van der Waals surface area contributed by atoms with Crippen LogP contribution in [0.5, 0.6) is 0 Å². The van der Waals surface area contributed by atoms with Crippen molar-refractivity contribution in [1.82, 2.24) is 5.32 Å². The molecule has 106 valence electrons. The molecule has 20 heavy (non-hydrogen) atoms. The lowest BCUT2D eigenvalue weighted by Crippen LogP contribution is -2.51. The van der Waals surface area contributed by atoms with E-state index in [1.54, 1.807) is 24.3 Å². The Morgan fingerprint density at radius 2 is 2.00 bits per heavy atom. The minimum Gasteiger partial charge on any atom is -0.480 e.